The molecule has 0 fully saturated rings. The van der Waals surface area contributed by atoms with Crippen LogP contribution < -0.4 is 10.1 Å². The topological polar surface area (TPSA) is 38.3 Å². The van der Waals surface area contributed by atoms with Gasteiger partial charge in [-0.2, -0.15) is 0 Å². The zero-order chi connectivity index (χ0) is 13.7. The van der Waals surface area contributed by atoms with Crippen molar-refractivity contribution >= 4 is 17.5 Å². The molecular formula is C14H20ClNO2. The van der Waals surface area contributed by atoms with Crippen molar-refractivity contribution in [3.63, 3.8) is 0 Å². The lowest BCUT2D eigenvalue weighted by molar-refractivity contribution is -0.128. The van der Waals surface area contributed by atoms with E-state index in [0.29, 0.717) is 16.7 Å². The molecule has 18 heavy (non-hydrogen) atoms. The van der Waals surface area contributed by atoms with E-state index in [1.54, 1.807) is 31.2 Å². The second kappa shape index (κ2) is 6.64. The predicted molar refractivity (Wildman–Crippen MR) is 74.0 cm³/mol. The van der Waals surface area contributed by atoms with Crippen LogP contribution in [0.1, 0.15) is 27.7 Å². The highest BCUT2D eigenvalue weighted by molar-refractivity contribution is 6.30. The van der Waals surface area contributed by atoms with Gasteiger partial charge in [-0.05, 0) is 44.0 Å². The molecule has 0 aliphatic rings. The molecule has 0 aliphatic carbocycles. The Kier molecular flexibility index (Phi) is 5.48. The summed E-state index contributed by atoms with van der Waals surface area (Å²) in [5.41, 5.74) is 0. The number of halogens is 1. The van der Waals surface area contributed by atoms with Gasteiger partial charge in [0.1, 0.15) is 5.75 Å². The lowest BCUT2D eigenvalue weighted by Crippen LogP contribution is -2.43. The molecule has 100 valence electrons. The van der Waals surface area contributed by atoms with Gasteiger partial charge >= 0.3 is 0 Å². The highest BCUT2D eigenvalue weighted by Crippen LogP contribution is 2.16. The van der Waals surface area contributed by atoms with E-state index in [1.165, 1.54) is 0 Å². The van der Waals surface area contributed by atoms with Gasteiger partial charge in [0.2, 0.25) is 0 Å². The SMILES string of the molecule is CC(C)[C@@H](C)NC(=O)[C@@H](C)Oc1ccc(Cl)cc1. The number of amides is 1. The Balaban J connectivity index is 2.52. The smallest absolute Gasteiger partial charge is 0.260 e. The number of benzene rings is 1. The van der Waals surface area contributed by atoms with Crippen LogP contribution in [0.25, 0.3) is 0 Å². The molecule has 2 atom stereocenters. The number of rotatable bonds is 5. The van der Waals surface area contributed by atoms with E-state index in [4.69, 9.17) is 16.3 Å². The van der Waals surface area contributed by atoms with Gasteiger partial charge in [-0.15, -0.1) is 0 Å². The minimum absolute atomic E-state index is 0.105. The maximum Gasteiger partial charge on any atom is 0.260 e. The molecule has 4 heteroatoms. The molecule has 0 radical (unpaired) electrons. The number of carbonyl (C=O) groups excluding carboxylic acids is 1. The quantitative estimate of drug-likeness (QED) is 0.891. The second-order valence-electron chi connectivity index (χ2n) is 4.76. The molecule has 1 amide bonds. The van der Waals surface area contributed by atoms with Crippen molar-refractivity contribution in [1.29, 1.82) is 0 Å². The van der Waals surface area contributed by atoms with Crippen molar-refractivity contribution in [3.05, 3.63) is 29.3 Å². The van der Waals surface area contributed by atoms with Crippen LogP contribution in [0.3, 0.4) is 0 Å². The van der Waals surface area contributed by atoms with E-state index in [-0.39, 0.29) is 11.9 Å². The third kappa shape index (κ3) is 4.57. The van der Waals surface area contributed by atoms with Crippen LogP contribution in [0.15, 0.2) is 24.3 Å². The average Bonchev–Trinajstić information content (AvgIpc) is 2.31. The normalized spacial score (nSPS) is 14.1. The van der Waals surface area contributed by atoms with E-state index < -0.39 is 6.10 Å². The van der Waals surface area contributed by atoms with E-state index in [1.807, 2.05) is 6.92 Å². The number of carbonyl (C=O) groups is 1. The van der Waals surface area contributed by atoms with Crippen LogP contribution in [0, 0.1) is 5.92 Å². The molecule has 1 N–H and O–H groups in total. The van der Waals surface area contributed by atoms with Crippen LogP contribution in [0.4, 0.5) is 0 Å². The van der Waals surface area contributed by atoms with Crippen molar-refractivity contribution in [3.8, 4) is 5.75 Å². The molecular weight excluding hydrogens is 250 g/mol. The Bertz CT molecular complexity index is 389. The van der Waals surface area contributed by atoms with Crippen LogP contribution in [-0.2, 0) is 4.79 Å². The molecule has 3 nitrogen and oxygen atoms in total. The monoisotopic (exact) mass is 269 g/mol. The minimum atomic E-state index is -0.521. The Morgan fingerprint density at radius 3 is 2.22 bits per heavy atom. The highest BCUT2D eigenvalue weighted by atomic mass is 35.5. The van der Waals surface area contributed by atoms with E-state index in [9.17, 15) is 4.79 Å². The number of hydrogen-bond donors (Lipinski definition) is 1. The third-order valence-corrected chi connectivity index (χ3v) is 3.12. The zero-order valence-corrected chi connectivity index (χ0v) is 12.0. The number of nitrogens with one attached hydrogen (secondary N) is 1. The molecule has 0 spiro atoms. The lowest BCUT2D eigenvalue weighted by Gasteiger charge is -2.21. The molecule has 1 rings (SSSR count). The van der Waals surface area contributed by atoms with E-state index in [2.05, 4.69) is 19.2 Å². The fraction of sp³-hybridized carbons (Fsp3) is 0.500. The fourth-order valence-electron chi connectivity index (χ4n) is 1.28. The number of hydrogen-bond acceptors (Lipinski definition) is 2. The van der Waals surface area contributed by atoms with Crippen LogP contribution in [-0.4, -0.2) is 18.1 Å². The average molecular weight is 270 g/mol. The van der Waals surface area contributed by atoms with Gasteiger partial charge in [0, 0.05) is 11.1 Å². The van der Waals surface area contributed by atoms with Gasteiger partial charge in [0.05, 0.1) is 0 Å². The van der Waals surface area contributed by atoms with Crippen molar-refractivity contribution < 1.29 is 9.53 Å². The molecule has 1 aromatic rings. The fourth-order valence-corrected chi connectivity index (χ4v) is 1.41. The summed E-state index contributed by atoms with van der Waals surface area (Å²) in [6, 6.07) is 7.10. The molecule has 0 saturated carbocycles. The van der Waals surface area contributed by atoms with Crippen LogP contribution >= 0.6 is 11.6 Å². The van der Waals surface area contributed by atoms with Gasteiger partial charge < -0.3 is 10.1 Å². The summed E-state index contributed by atoms with van der Waals surface area (Å²) in [4.78, 5) is 11.9. The molecule has 0 heterocycles. The maximum atomic E-state index is 11.9. The van der Waals surface area contributed by atoms with Gasteiger partial charge in [0.15, 0.2) is 6.10 Å². The summed E-state index contributed by atoms with van der Waals surface area (Å²) in [7, 11) is 0. The summed E-state index contributed by atoms with van der Waals surface area (Å²) < 4.78 is 5.54. The first-order valence-electron chi connectivity index (χ1n) is 6.12. The third-order valence-electron chi connectivity index (χ3n) is 2.87. The van der Waals surface area contributed by atoms with Crippen LogP contribution in [0.2, 0.25) is 5.02 Å². The first-order chi connectivity index (χ1) is 8.40. The Morgan fingerprint density at radius 2 is 1.72 bits per heavy atom. The highest BCUT2D eigenvalue weighted by Gasteiger charge is 2.18. The van der Waals surface area contributed by atoms with Crippen molar-refractivity contribution in [2.24, 2.45) is 5.92 Å². The van der Waals surface area contributed by atoms with Crippen LogP contribution in [0.5, 0.6) is 5.75 Å². The Labute approximate surface area is 113 Å². The molecule has 0 aromatic heterocycles. The molecule has 0 unspecified atom stereocenters. The summed E-state index contributed by atoms with van der Waals surface area (Å²) in [5, 5.41) is 3.57. The van der Waals surface area contributed by atoms with Gasteiger partial charge in [-0.25, -0.2) is 0 Å². The molecule has 1 aromatic carbocycles. The summed E-state index contributed by atoms with van der Waals surface area (Å²) in [6.07, 6.45) is -0.521. The summed E-state index contributed by atoms with van der Waals surface area (Å²) in [6.45, 7) is 7.85. The Morgan fingerprint density at radius 1 is 1.17 bits per heavy atom. The maximum absolute atomic E-state index is 11.9. The number of ether oxygens (including phenoxy) is 1. The first-order valence-corrected chi connectivity index (χ1v) is 6.50. The van der Waals surface area contributed by atoms with E-state index >= 15 is 0 Å². The van der Waals surface area contributed by atoms with Gasteiger partial charge in [-0.1, -0.05) is 25.4 Å². The Hall–Kier alpha value is -1.22. The van der Waals surface area contributed by atoms with E-state index in [0.717, 1.165) is 0 Å². The first kappa shape index (κ1) is 14.8. The second-order valence-corrected chi connectivity index (χ2v) is 5.19. The van der Waals surface area contributed by atoms with Crippen molar-refractivity contribution in [2.75, 3.05) is 0 Å². The summed E-state index contributed by atoms with van der Waals surface area (Å²) >= 11 is 5.78. The molecule has 0 bridgehead atoms. The van der Waals surface area contributed by atoms with Gasteiger partial charge in [-0.3, -0.25) is 4.79 Å². The molecule has 0 aliphatic heterocycles. The summed E-state index contributed by atoms with van der Waals surface area (Å²) in [5.74, 6) is 0.932. The van der Waals surface area contributed by atoms with Crippen molar-refractivity contribution in [2.45, 2.75) is 39.8 Å². The van der Waals surface area contributed by atoms with Crippen molar-refractivity contribution in [1.82, 2.24) is 5.32 Å². The molecule has 0 saturated heterocycles. The zero-order valence-electron chi connectivity index (χ0n) is 11.2. The van der Waals surface area contributed by atoms with Gasteiger partial charge in [0.25, 0.3) is 5.91 Å². The largest absolute Gasteiger partial charge is 0.481 e. The standard InChI is InChI=1S/C14H20ClNO2/c1-9(2)10(3)16-14(17)11(4)18-13-7-5-12(15)6-8-13/h5-11H,1-4H3,(H,16,17)/t10-,11-/m1/s1. The predicted octanol–water partition coefficient (Wildman–Crippen LogP) is 3.27. The minimum Gasteiger partial charge on any atom is -0.481 e. The lowest BCUT2D eigenvalue weighted by atomic mass is 10.1.